The monoisotopic (exact) mass is 181 g/mol. The van der Waals surface area contributed by atoms with Crippen molar-refractivity contribution < 1.29 is 0 Å². The minimum absolute atomic E-state index is 0.450. The van der Waals surface area contributed by atoms with E-state index in [4.69, 9.17) is 0 Å². The van der Waals surface area contributed by atoms with Crippen molar-refractivity contribution in [3.05, 3.63) is 12.2 Å². The molecule has 1 atom stereocenters. The normalized spacial score (nSPS) is 24.8. The number of amidine groups is 1. The van der Waals surface area contributed by atoms with Crippen LogP contribution in [0.3, 0.4) is 0 Å². The third-order valence-corrected chi connectivity index (χ3v) is 2.31. The first kappa shape index (κ1) is 10.3. The number of aliphatic imine (C=N–C) groups is 1. The molecule has 1 rings (SSSR count). The van der Waals surface area contributed by atoms with Crippen molar-refractivity contribution >= 4 is 5.84 Å². The summed E-state index contributed by atoms with van der Waals surface area (Å²) in [4.78, 5) is 4.50. The molecule has 0 saturated heterocycles. The van der Waals surface area contributed by atoms with Gasteiger partial charge >= 0.3 is 0 Å². The van der Waals surface area contributed by atoms with Crippen LogP contribution in [0.25, 0.3) is 0 Å². The molecule has 0 fully saturated rings. The van der Waals surface area contributed by atoms with Crippen LogP contribution in [-0.4, -0.2) is 18.9 Å². The summed E-state index contributed by atoms with van der Waals surface area (Å²) >= 11 is 0. The summed E-state index contributed by atoms with van der Waals surface area (Å²) in [5, 5.41) is 0. The zero-order valence-corrected chi connectivity index (χ0v) is 8.72. The van der Waals surface area contributed by atoms with Crippen LogP contribution in [0.2, 0.25) is 0 Å². The lowest BCUT2D eigenvalue weighted by atomic mass is 10.0. The minimum Gasteiger partial charge on any atom is -0.309 e. The summed E-state index contributed by atoms with van der Waals surface area (Å²) in [6, 6.07) is 0. The number of nitrogens with one attached hydrogen (secondary N) is 2. The Labute approximate surface area is 80.3 Å². The van der Waals surface area contributed by atoms with Crippen LogP contribution < -0.4 is 10.9 Å². The molecule has 1 aliphatic heterocycles. The summed E-state index contributed by atoms with van der Waals surface area (Å²) in [5.74, 6) is 1.97. The van der Waals surface area contributed by atoms with E-state index in [0.717, 1.165) is 18.9 Å². The predicted molar refractivity (Wildman–Crippen MR) is 56.6 cm³/mol. The summed E-state index contributed by atoms with van der Waals surface area (Å²) in [7, 11) is 0. The predicted octanol–water partition coefficient (Wildman–Crippen LogP) is 1.34. The van der Waals surface area contributed by atoms with Gasteiger partial charge in [-0.2, -0.15) is 0 Å². The first-order valence-electron chi connectivity index (χ1n) is 4.82. The van der Waals surface area contributed by atoms with Crippen LogP contribution in [0.1, 0.15) is 20.8 Å². The Balaban J connectivity index is 2.65. The highest BCUT2D eigenvalue weighted by molar-refractivity contribution is 5.83. The topological polar surface area (TPSA) is 36.4 Å². The molecule has 0 aromatic rings. The van der Waals surface area contributed by atoms with Gasteiger partial charge in [0.25, 0.3) is 0 Å². The lowest BCUT2D eigenvalue weighted by Gasteiger charge is -2.21. The number of hydrogen-bond donors (Lipinski definition) is 2. The number of nitrogens with zero attached hydrogens (tertiary/aromatic N) is 1. The Hall–Kier alpha value is -0.830. The van der Waals surface area contributed by atoms with Gasteiger partial charge in [-0.3, -0.25) is 4.99 Å². The van der Waals surface area contributed by atoms with Gasteiger partial charge in [-0.05, 0) is 5.92 Å². The average molecular weight is 181 g/mol. The summed E-state index contributed by atoms with van der Waals surface area (Å²) in [5.41, 5.74) is 7.44. The molecule has 2 N–H and O–H groups in total. The molecule has 13 heavy (non-hydrogen) atoms. The second-order valence-electron chi connectivity index (χ2n) is 3.92. The summed E-state index contributed by atoms with van der Waals surface area (Å²) < 4.78 is 0. The van der Waals surface area contributed by atoms with Gasteiger partial charge in [0.15, 0.2) is 0 Å². The first-order chi connectivity index (χ1) is 6.11. The minimum atomic E-state index is 0.450. The number of hydrazine groups is 1. The average Bonchev–Trinajstić information content (AvgIpc) is 2.06. The van der Waals surface area contributed by atoms with Crippen LogP contribution in [0.4, 0.5) is 0 Å². The Morgan fingerprint density at radius 2 is 2.23 bits per heavy atom. The molecule has 0 saturated carbocycles. The molecule has 0 aromatic carbocycles. The highest BCUT2D eigenvalue weighted by Gasteiger charge is 2.11. The van der Waals surface area contributed by atoms with Gasteiger partial charge in [0.05, 0.1) is 0 Å². The fourth-order valence-electron chi connectivity index (χ4n) is 1.15. The standard InChI is InChI=1S/C10H19N3/c1-7(2)10-11-5-8(3)9(4)6-12-13-10/h7-8,12H,4-6H2,1-3H3,(H,11,13). The van der Waals surface area contributed by atoms with E-state index >= 15 is 0 Å². The maximum absolute atomic E-state index is 4.50. The van der Waals surface area contributed by atoms with Crippen LogP contribution >= 0.6 is 0 Å². The van der Waals surface area contributed by atoms with E-state index in [1.54, 1.807) is 0 Å². The van der Waals surface area contributed by atoms with Gasteiger partial charge in [-0.1, -0.05) is 32.9 Å². The zero-order valence-electron chi connectivity index (χ0n) is 8.72. The summed E-state index contributed by atoms with van der Waals surface area (Å²) in [6.45, 7) is 12.1. The van der Waals surface area contributed by atoms with Crippen LogP contribution in [0.5, 0.6) is 0 Å². The van der Waals surface area contributed by atoms with E-state index < -0.39 is 0 Å². The molecule has 1 aliphatic rings. The Morgan fingerprint density at radius 3 is 2.85 bits per heavy atom. The van der Waals surface area contributed by atoms with Crippen molar-refractivity contribution in [1.82, 2.24) is 10.9 Å². The molecule has 0 spiro atoms. The van der Waals surface area contributed by atoms with Crippen molar-refractivity contribution in [2.24, 2.45) is 16.8 Å². The lowest BCUT2D eigenvalue weighted by molar-refractivity contribution is 0.574. The first-order valence-corrected chi connectivity index (χ1v) is 4.82. The second-order valence-corrected chi connectivity index (χ2v) is 3.92. The molecule has 1 heterocycles. The highest BCUT2D eigenvalue weighted by Crippen LogP contribution is 2.09. The van der Waals surface area contributed by atoms with Gasteiger partial charge in [0.2, 0.25) is 0 Å². The van der Waals surface area contributed by atoms with E-state index in [2.05, 4.69) is 43.2 Å². The van der Waals surface area contributed by atoms with Crippen LogP contribution in [0.15, 0.2) is 17.1 Å². The third kappa shape index (κ3) is 2.84. The molecule has 0 aromatic heterocycles. The van der Waals surface area contributed by atoms with E-state index in [-0.39, 0.29) is 0 Å². The zero-order chi connectivity index (χ0) is 9.84. The van der Waals surface area contributed by atoms with Gasteiger partial charge in [0, 0.05) is 19.0 Å². The van der Waals surface area contributed by atoms with Crippen molar-refractivity contribution in [3.8, 4) is 0 Å². The van der Waals surface area contributed by atoms with Crippen molar-refractivity contribution in [2.75, 3.05) is 13.1 Å². The Kier molecular flexibility index (Phi) is 3.48. The Bertz CT molecular complexity index is 218. The number of rotatable bonds is 1. The molecule has 0 aliphatic carbocycles. The molecular weight excluding hydrogens is 162 g/mol. The van der Waals surface area contributed by atoms with Crippen molar-refractivity contribution in [1.29, 1.82) is 0 Å². The summed E-state index contributed by atoms with van der Waals surface area (Å²) in [6.07, 6.45) is 0. The fraction of sp³-hybridized carbons (Fsp3) is 0.700. The molecule has 0 radical (unpaired) electrons. The number of hydrogen-bond acceptors (Lipinski definition) is 3. The van der Waals surface area contributed by atoms with Gasteiger partial charge in [-0.15, -0.1) is 0 Å². The van der Waals surface area contributed by atoms with E-state index in [0.29, 0.717) is 11.8 Å². The van der Waals surface area contributed by atoms with Gasteiger partial charge < -0.3 is 5.43 Å². The van der Waals surface area contributed by atoms with Crippen molar-refractivity contribution in [3.63, 3.8) is 0 Å². The molecular formula is C10H19N3. The van der Waals surface area contributed by atoms with Crippen molar-refractivity contribution in [2.45, 2.75) is 20.8 Å². The van der Waals surface area contributed by atoms with Crippen LogP contribution in [-0.2, 0) is 0 Å². The fourth-order valence-corrected chi connectivity index (χ4v) is 1.15. The lowest BCUT2D eigenvalue weighted by Crippen LogP contribution is -2.43. The molecule has 0 bridgehead atoms. The smallest absolute Gasteiger partial charge is 0.113 e. The van der Waals surface area contributed by atoms with E-state index in [9.17, 15) is 0 Å². The largest absolute Gasteiger partial charge is 0.309 e. The second kappa shape index (κ2) is 4.42. The van der Waals surface area contributed by atoms with Gasteiger partial charge in [0.1, 0.15) is 5.84 Å². The molecule has 3 nitrogen and oxygen atoms in total. The SMILES string of the molecule is C=C1CNNC(C(C)C)=NCC1C. The maximum Gasteiger partial charge on any atom is 0.113 e. The third-order valence-electron chi connectivity index (χ3n) is 2.31. The van der Waals surface area contributed by atoms with E-state index in [1.807, 2.05) is 0 Å². The van der Waals surface area contributed by atoms with Gasteiger partial charge in [-0.25, -0.2) is 5.43 Å². The molecule has 74 valence electrons. The van der Waals surface area contributed by atoms with E-state index in [1.165, 1.54) is 5.57 Å². The maximum atomic E-state index is 4.50. The molecule has 0 amide bonds. The highest BCUT2D eigenvalue weighted by atomic mass is 15.4. The Morgan fingerprint density at radius 1 is 1.54 bits per heavy atom. The molecule has 3 heteroatoms. The molecule has 1 unspecified atom stereocenters. The quantitative estimate of drug-likeness (QED) is 0.599. The van der Waals surface area contributed by atoms with Crippen LogP contribution in [0, 0.1) is 11.8 Å².